The van der Waals surface area contributed by atoms with E-state index in [1.165, 1.54) is 11.8 Å². The summed E-state index contributed by atoms with van der Waals surface area (Å²) >= 11 is 5.52. The van der Waals surface area contributed by atoms with Crippen LogP contribution in [0.25, 0.3) is 0 Å². The standard InChI is InChI=1S/C20H38N4O5S2/c1-6-12(4)16(19(27)23-15(20(28)29)9-11(2)3)24-18(26)14(7-8-31-5)22-17(25)13(21)10-30/h11-16,30H,6-10,21H2,1-5H3,(H,22,25)(H,23,27)(H,24,26)(H,28,29). The topological polar surface area (TPSA) is 151 Å². The van der Waals surface area contributed by atoms with Crippen molar-refractivity contribution >= 4 is 48.1 Å². The van der Waals surface area contributed by atoms with Gasteiger partial charge in [0.2, 0.25) is 17.7 Å². The molecule has 0 bridgehead atoms. The first-order valence-electron chi connectivity index (χ1n) is 10.5. The minimum Gasteiger partial charge on any atom is -0.480 e. The fraction of sp³-hybridized carbons (Fsp3) is 0.800. The van der Waals surface area contributed by atoms with Gasteiger partial charge < -0.3 is 26.8 Å². The molecule has 0 saturated carbocycles. The smallest absolute Gasteiger partial charge is 0.326 e. The molecule has 0 aliphatic rings. The summed E-state index contributed by atoms with van der Waals surface area (Å²) in [5, 5.41) is 17.3. The summed E-state index contributed by atoms with van der Waals surface area (Å²) in [4.78, 5) is 49.5. The summed E-state index contributed by atoms with van der Waals surface area (Å²) in [6, 6.07) is -3.69. The molecule has 0 rings (SSSR count). The Balaban J connectivity index is 5.47. The number of hydrogen-bond acceptors (Lipinski definition) is 7. The maximum Gasteiger partial charge on any atom is 0.326 e. The number of hydrogen-bond donors (Lipinski definition) is 6. The number of nitrogens with one attached hydrogen (secondary N) is 3. The van der Waals surface area contributed by atoms with Gasteiger partial charge in [0, 0.05) is 5.75 Å². The zero-order valence-electron chi connectivity index (χ0n) is 19.0. The lowest BCUT2D eigenvalue weighted by Crippen LogP contribution is -2.59. The quantitative estimate of drug-likeness (QED) is 0.189. The molecular weight excluding hydrogens is 440 g/mol. The van der Waals surface area contributed by atoms with E-state index in [4.69, 9.17) is 5.73 Å². The Morgan fingerprint density at radius 3 is 2.03 bits per heavy atom. The number of carbonyl (C=O) groups is 4. The molecule has 5 atom stereocenters. The van der Waals surface area contributed by atoms with Crippen molar-refractivity contribution in [2.45, 2.75) is 71.1 Å². The Hall–Kier alpha value is -1.46. The Bertz CT molecular complexity index is 606. The number of carboxylic acids is 1. The van der Waals surface area contributed by atoms with Crippen LogP contribution >= 0.6 is 24.4 Å². The maximum atomic E-state index is 12.9. The van der Waals surface area contributed by atoms with E-state index in [9.17, 15) is 24.3 Å². The van der Waals surface area contributed by atoms with Gasteiger partial charge in [0.15, 0.2) is 0 Å². The van der Waals surface area contributed by atoms with E-state index < -0.39 is 47.9 Å². The Labute approximate surface area is 194 Å². The van der Waals surface area contributed by atoms with Gasteiger partial charge in [0.25, 0.3) is 0 Å². The van der Waals surface area contributed by atoms with Gasteiger partial charge in [-0.3, -0.25) is 14.4 Å². The normalized spacial score (nSPS) is 16.0. The van der Waals surface area contributed by atoms with Gasteiger partial charge in [-0.05, 0) is 36.7 Å². The molecule has 180 valence electrons. The molecule has 0 saturated heterocycles. The van der Waals surface area contributed by atoms with E-state index in [-0.39, 0.29) is 24.0 Å². The molecule has 5 unspecified atom stereocenters. The predicted octanol–water partition coefficient (Wildman–Crippen LogP) is 0.628. The van der Waals surface area contributed by atoms with Gasteiger partial charge >= 0.3 is 5.97 Å². The number of carbonyl (C=O) groups excluding carboxylic acids is 3. The molecule has 0 spiro atoms. The molecule has 0 aromatic heterocycles. The highest BCUT2D eigenvalue weighted by molar-refractivity contribution is 7.98. The Morgan fingerprint density at radius 2 is 1.58 bits per heavy atom. The molecule has 0 fully saturated rings. The predicted molar refractivity (Wildman–Crippen MR) is 127 cm³/mol. The molecule has 6 N–H and O–H groups in total. The molecule has 0 aromatic rings. The zero-order chi connectivity index (χ0) is 24.1. The van der Waals surface area contributed by atoms with Crippen molar-refractivity contribution in [3.05, 3.63) is 0 Å². The molecular formula is C20H38N4O5S2. The van der Waals surface area contributed by atoms with E-state index >= 15 is 0 Å². The van der Waals surface area contributed by atoms with Crippen LogP contribution in [0.15, 0.2) is 0 Å². The highest BCUT2D eigenvalue weighted by Crippen LogP contribution is 2.12. The number of aliphatic carboxylic acids is 1. The van der Waals surface area contributed by atoms with E-state index in [1.54, 1.807) is 6.92 Å². The second-order valence-electron chi connectivity index (χ2n) is 8.03. The van der Waals surface area contributed by atoms with Gasteiger partial charge in [0.05, 0.1) is 6.04 Å². The summed E-state index contributed by atoms with van der Waals surface area (Å²) in [5.74, 6) is -2.11. The monoisotopic (exact) mass is 478 g/mol. The minimum atomic E-state index is -1.12. The first-order chi connectivity index (χ1) is 14.5. The van der Waals surface area contributed by atoms with Gasteiger partial charge in [-0.15, -0.1) is 0 Å². The zero-order valence-corrected chi connectivity index (χ0v) is 20.7. The third-order valence-corrected chi connectivity index (χ3v) is 5.93. The first kappa shape index (κ1) is 29.5. The lowest BCUT2D eigenvalue weighted by atomic mass is 9.96. The average molecular weight is 479 g/mol. The van der Waals surface area contributed by atoms with Crippen molar-refractivity contribution in [3.8, 4) is 0 Å². The second-order valence-corrected chi connectivity index (χ2v) is 9.38. The molecule has 0 radical (unpaired) electrons. The summed E-state index contributed by atoms with van der Waals surface area (Å²) in [6.07, 6.45) is 3.10. The molecule has 0 aliphatic heterocycles. The summed E-state index contributed by atoms with van der Waals surface area (Å²) in [6.45, 7) is 7.41. The van der Waals surface area contributed by atoms with Crippen LogP contribution in [0.5, 0.6) is 0 Å². The fourth-order valence-electron chi connectivity index (χ4n) is 2.78. The fourth-order valence-corrected chi connectivity index (χ4v) is 3.41. The van der Waals surface area contributed by atoms with Crippen molar-refractivity contribution in [1.82, 2.24) is 16.0 Å². The summed E-state index contributed by atoms with van der Waals surface area (Å²) in [5.41, 5.74) is 5.69. The highest BCUT2D eigenvalue weighted by atomic mass is 32.2. The third-order valence-electron chi connectivity index (χ3n) is 4.89. The molecule has 0 aliphatic carbocycles. The molecule has 11 heteroatoms. The van der Waals surface area contributed by atoms with Crippen molar-refractivity contribution in [2.24, 2.45) is 17.6 Å². The number of nitrogens with two attached hydrogens (primary N) is 1. The molecule has 3 amide bonds. The van der Waals surface area contributed by atoms with Crippen LogP contribution < -0.4 is 21.7 Å². The van der Waals surface area contributed by atoms with Crippen LogP contribution in [0.3, 0.4) is 0 Å². The lowest BCUT2D eigenvalue weighted by Gasteiger charge is -2.28. The maximum absolute atomic E-state index is 12.9. The lowest BCUT2D eigenvalue weighted by molar-refractivity contribution is -0.143. The van der Waals surface area contributed by atoms with E-state index in [1.807, 2.05) is 27.0 Å². The third kappa shape index (κ3) is 11.1. The number of carboxylic acid groups (broad SMARTS) is 1. The van der Waals surface area contributed by atoms with Crippen molar-refractivity contribution < 1.29 is 24.3 Å². The van der Waals surface area contributed by atoms with E-state index in [0.29, 0.717) is 18.6 Å². The van der Waals surface area contributed by atoms with Crippen LogP contribution in [-0.2, 0) is 19.2 Å². The van der Waals surface area contributed by atoms with Crippen molar-refractivity contribution in [3.63, 3.8) is 0 Å². The SMILES string of the molecule is CCC(C)C(NC(=O)C(CCSC)NC(=O)C(N)CS)C(=O)NC(CC(C)C)C(=O)O. The number of amides is 3. The van der Waals surface area contributed by atoms with Gasteiger partial charge in [-0.2, -0.15) is 24.4 Å². The number of thiol groups is 1. The largest absolute Gasteiger partial charge is 0.480 e. The summed E-state index contributed by atoms with van der Waals surface area (Å²) < 4.78 is 0. The van der Waals surface area contributed by atoms with Crippen molar-refractivity contribution in [2.75, 3.05) is 17.8 Å². The molecule has 0 aromatic carbocycles. The van der Waals surface area contributed by atoms with Gasteiger partial charge in [-0.25, -0.2) is 4.79 Å². The van der Waals surface area contributed by atoms with E-state index in [0.717, 1.165) is 0 Å². The molecule has 9 nitrogen and oxygen atoms in total. The minimum absolute atomic E-state index is 0.0696. The van der Waals surface area contributed by atoms with Crippen LogP contribution in [0.1, 0.15) is 47.0 Å². The Morgan fingerprint density at radius 1 is 1.00 bits per heavy atom. The Kier molecular flexibility index (Phi) is 14.6. The van der Waals surface area contributed by atoms with Crippen LogP contribution in [0.2, 0.25) is 0 Å². The van der Waals surface area contributed by atoms with Crippen LogP contribution in [0, 0.1) is 11.8 Å². The van der Waals surface area contributed by atoms with Gasteiger partial charge in [-0.1, -0.05) is 34.1 Å². The van der Waals surface area contributed by atoms with Crippen LogP contribution in [-0.4, -0.2) is 70.7 Å². The second kappa shape index (κ2) is 15.4. The number of thioether (sulfide) groups is 1. The first-order valence-corrected chi connectivity index (χ1v) is 12.5. The van der Waals surface area contributed by atoms with Crippen LogP contribution in [0.4, 0.5) is 0 Å². The average Bonchev–Trinajstić information content (AvgIpc) is 2.72. The highest BCUT2D eigenvalue weighted by Gasteiger charge is 2.32. The van der Waals surface area contributed by atoms with Crippen molar-refractivity contribution in [1.29, 1.82) is 0 Å². The van der Waals surface area contributed by atoms with E-state index in [2.05, 4.69) is 28.6 Å². The number of rotatable bonds is 15. The summed E-state index contributed by atoms with van der Waals surface area (Å²) in [7, 11) is 0. The van der Waals surface area contributed by atoms with Gasteiger partial charge in [0.1, 0.15) is 18.1 Å². The molecule has 0 heterocycles. The molecule has 31 heavy (non-hydrogen) atoms.